The predicted molar refractivity (Wildman–Crippen MR) is 92.8 cm³/mol. The zero-order valence-electron chi connectivity index (χ0n) is 12.9. The number of H-pyrrole nitrogens is 2. The first kappa shape index (κ1) is 12.7. The van der Waals surface area contributed by atoms with Gasteiger partial charge in [-0.15, -0.1) is 0 Å². The summed E-state index contributed by atoms with van der Waals surface area (Å²) in [5.74, 6) is 0.924. The molecule has 0 atom stereocenters. The van der Waals surface area contributed by atoms with Crippen molar-refractivity contribution in [1.82, 2.24) is 20.2 Å². The van der Waals surface area contributed by atoms with Gasteiger partial charge in [0.15, 0.2) is 0 Å². The van der Waals surface area contributed by atoms with Crippen LogP contribution in [0.25, 0.3) is 33.3 Å². The summed E-state index contributed by atoms with van der Waals surface area (Å²) in [4.78, 5) is 10.5. The van der Waals surface area contributed by atoms with E-state index in [9.17, 15) is 0 Å². The number of anilines is 1. The maximum Gasteiger partial charge on any atom is 0.138 e. The smallest absolute Gasteiger partial charge is 0.138 e. The van der Waals surface area contributed by atoms with Crippen LogP contribution in [-0.2, 0) is 6.42 Å². The van der Waals surface area contributed by atoms with Gasteiger partial charge in [0.2, 0.25) is 0 Å². The Morgan fingerprint density at radius 1 is 1.13 bits per heavy atom. The number of nitrogens with zero attached hydrogens (tertiary/aromatic N) is 3. The molecule has 3 heterocycles. The Hall–Kier alpha value is -2.82. The number of rotatable bonds is 1. The van der Waals surface area contributed by atoms with Gasteiger partial charge in [-0.2, -0.15) is 5.10 Å². The molecule has 1 aliphatic rings. The molecule has 1 aliphatic heterocycles. The maximum absolute atomic E-state index is 4.77. The molecule has 5 rings (SSSR count). The highest BCUT2D eigenvalue weighted by Crippen LogP contribution is 2.31. The van der Waals surface area contributed by atoms with Crippen LogP contribution in [0, 0.1) is 0 Å². The van der Waals surface area contributed by atoms with Crippen LogP contribution >= 0.6 is 0 Å². The standard InChI is InChI=1S/C18H17N5/c1-23-6-2-3-11-7-12(4-5-17(11)23)18-20-15-8-13-10-19-22-14(13)9-16(15)21-18/h4-5,7-10H,2-3,6H2,1H3,(H,19,22)(H,20,21). The summed E-state index contributed by atoms with van der Waals surface area (Å²) in [7, 11) is 2.16. The summed E-state index contributed by atoms with van der Waals surface area (Å²) in [6, 6.07) is 10.8. The maximum atomic E-state index is 4.77. The van der Waals surface area contributed by atoms with Crippen molar-refractivity contribution < 1.29 is 0 Å². The van der Waals surface area contributed by atoms with Gasteiger partial charge in [0.25, 0.3) is 0 Å². The fourth-order valence-electron chi connectivity index (χ4n) is 3.51. The number of nitrogens with one attached hydrogen (secondary N) is 2. The number of aromatic nitrogens is 4. The largest absolute Gasteiger partial charge is 0.374 e. The van der Waals surface area contributed by atoms with Gasteiger partial charge in [0, 0.05) is 36.4 Å². The first-order valence-electron chi connectivity index (χ1n) is 7.96. The molecule has 0 saturated carbocycles. The molecule has 0 spiro atoms. The van der Waals surface area contributed by atoms with Crippen molar-refractivity contribution in [2.75, 3.05) is 18.5 Å². The Balaban J connectivity index is 1.64. The van der Waals surface area contributed by atoms with Crippen LogP contribution < -0.4 is 4.90 Å². The molecule has 4 aromatic rings. The van der Waals surface area contributed by atoms with Crippen LogP contribution in [0.4, 0.5) is 5.69 Å². The Labute approximate surface area is 133 Å². The third kappa shape index (κ3) is 1.93. The molecule has 23 heavy (non-hydrogen) atoms. The van der Waals surface area contributed by atoms with E-state index in [-0.39, 0.29) is 0 Å². The van der Waals surface area contributed by atoms with Gasteiger partial charge in [-0.05, 0) is 48.7 Å². The summed E-state index contributed by atoms with van der Waals surface area (Å²) in [5, 5.41) is 8.21. The van der Waals surface area contributed by atoms with Gasteiger partial charge in [0.05, 0.1) is 16.6 Å². The molecule has 5 heteroatoms. The second-order valence-electron chi connectivity index (χ2n) is 6.27. The molecule has 2 aromatic heterocycles. The second-order valence-corrected chi connectivity index (χ2v) is 6.27. The quantitative estimate of drug-likeness (QED) is 0.566. The fraction of sp³-hybridized carbons (Fsp3) is 0.222. The summed E-state index contributed by atoms with van der Waals surface area (Å²) in [6.07, 6.45) is 4.25. The first-order chi connectivity index (χ1) is 11.3. The molecule has 2 N–H and O–H groups in total. The Kier molecular flexibility index (Phi) is 2.53. The van der Waals surface area contributed by atoms with E-state index in [1.807, 2.05) is 12.3 Å². The number of aryl methyl sites for hydroxylation is 1. The van der Waals surface area contributed by atoms with Crippen molar-refractivity contribution in [1.29, 1.82) is 0 Å². The Morgan fingerprint density at radius 2 is 2.09 bits per heavy atom. The van der Waals surface area contributed by atoms with E-state index in [0.717, 1.165) is 46.3 Å². The molecule has 0 saturated heterocycles. The summed E-state index contributed by atoms with van der Waals surface area (Å²) in [5.41, 5.74) is 6.86. The lowest BCUT2D eigenvalue weighted by Crippen LogP contribution is -2.24. The molecule has 2 aromatic carbocycles. The molecule has 0 bridgehead atoms. The fourth-order valence-corrected chi connectivity index (χ4v) is 3.51. The zero-order chi connectivity index (χ0) is 15.4. The van der Waals surface area contributed by atoms with Crippen LogP contribution in [0.5, 0.6) is 0 Å². The molecule has 0 amide bonds. The zero-order valence-corrected chi connectivity index (χ0v) is 12.9. The van der Waals surface area contributed by atoms with Gasteiger partial charge in [-0.3, -0.25) is 5.10 Å². The number of imidazole rings is 1. The highest BCUT2D eigenvalue weighted by atomic mass is 15.1. The van der Waals surface area contributed by atoms with Gasteiger partial charge >= 0.3 is 0 Å². The number of fused-ring (bicyclic) bond motifs is 3. The molecule has 0 radical (unpaired) electrons. The summed E-state index contributed by atoms with van der Waals surface area (Å²) < 4.78 is 0. The summed E-state index contributed by atoms with van der Waals surface area (Å²) in [6.45, 7) is 1.14. The van der Waals surface area contributed by atoms with Crippen LogP contribution in [0.15, 0.2) is 36.5 Å². The Morgan fingerprint density at radius 3 is 3.04 bits per heavy atom. The van der Waals surface area contributed by atoms with Crippen molar-refractivity contribution in [2.24, 2.45) is 0 Å². The van der Waals surface area contributed by atoms with E-state index in [1.165, 1.54) is 17.7 Å². The van der Waals surface area contributed by atoms with Crippen molar-refractivity contribution in [2.45, 2.75) is 12.8 Å². The average molecular weight is 303 g/mol. The highest BCUT2D eigenvalue weighted by Gasteiger charge is 2.15. The predicted octanol–water partition coefficient (Wildman–Crippen LogP) is 3.49. The molecular formula is C18H17N5. The number of aromatic amines is 2. The van der Waals surface area contributed by atoms with Crippen molar-refractivity contribution in [3.05, 3.63) is 42.1 Å². The lowest BCUT2D eigenvalue weighted by molar-refractivity contribution is 0.744. The average Bonchev–Trinajstić information content (AvgIpc) is 3.18. The van der Waals surface area contributed by atoms with Gasteiger partial charge in [-0.25, -0.2) is 4.98 Å². The van der Waals surface area contributed by atoms with Crippen molar-refractivity contribution in [3.63, 3.8) is 0 Å². The first-order valence-corrected chi connectivity index (χ1v) is 7.96. The minimum absolute atomic E-state index is 0.924. The molecular weight excluding hydrogens is 286 g/mol. The van der Waals surface area contributed by atoms with Gasteiger partial charge in [0.1, 0.15) is 5.82 Å². The highest BCUT2D eigenvalue weighted by molar-refractivity contribution is 5.94. The SMILES string of the molecule is CN1CCCc2cc(-c3nc4cc5c[nH]nc5cc4[nH]3)ccc21. The minimum atomic E-state index is 0.924. The lowest BCUT2D eigenvalue weighted by atomic mass is 9.99. The summed E-state index contributed by atoms with van der Waals surface area (Å²) >= 11 is 0. The van der Waals surface area contributed by atoms with Gasteiger partial charge < -0.3 is 9.88 Å². The van der Waals surface area contributed by atoms with E-state index < -0.39 is 0 Å². The lowest BCUT2D eigenvalue weighted by Gasteiger charge is -2.27. The third-order valence-corrected chi connectivity index (χ3v) is 4.74. The second kappa shape index (κ2) is 4.59. The normalized spacial score (nSPS) is 14.6. The Bertz CT molecular complexity index is 978. The van der Waals surface area contributed by atoms with E-state index >= 15 is 0 Å². The van der Waals surface area contributed by atoms with Crippen LogP contribution in [0.2, 0.25) is 0 Å². The topological polar surface area (TPSA) is 60.6 Å². The van der Waals surface area contributed by atoms with Crippen molar-refractivity contribution >= 4 is 27.6 Å². The van der Waals surface area contributed by atoms with E-state index in [2.05, 4.69) is 51.4 Å². The molecule has 0 fully saturated rings. The van der Waals surface area contributed by atoms with Crippen LogP contribution in [-0.4, -0.2) is 33.8 Å². The molecule has 5 nitrogen and oxygen atoms in total. The number of benzene rings is 2. The number of hydrogen-bond acceptors (Lipinski definition) is 3. The van der Waals surface area contributed by atoms with E-state index in [4.69, 9.17) is 4.98 Å². The van der Waals surface area contributed by atoms with Crippen molar-refractivity contribution in [3.8, 4) is 11.4 Å². The van der Waals surface area contributed by atoms with Gasteiger partial charge in [-0.1, -0.05) is 0 Å². The molecule has 0 unspecified atom stereocenters. The minimum Gasteiger partial charge on any atom is -0.374 e. The molecule has 0 aliphatic carbocycles. The monoisotopic (exact) mass is 303 g/mol. The van der Waals surface area contributed by atoms with Crippen LogP contribution in [0.1, 0.15) is 12.0 Å². The molecule has 114 valence electrons. The van der Waals surface area contributed by atoms with E-state index in [0.29, 0.717) is 0 Å². The van der Waals surface area contributed by atoms with E-state index in [1.54, 1.807) is 0 Å². The van der Waals surface area contributed by atoms with Crippen LogP contribution in [0.3, 0.4) is 0 Å². The number of hydrogen-bond donors (Lipinski definition) is 2. The third-order valence-electron chi connectivity index (χ3n) is 4.74.